The average Bonchev–Trinajstić information content (AvgIpc) is 3.41. The summed E-state index contributed by atoms with van der Waals surface area (Å²) in [6.07, 6.45) is 12.0. The van der Waals surface area contributed by atoms with E-state index < -0.39 is 0 Å². The van der Waals surface area contributed by atoms with Crippen LogP contribution in [0.1, 0.15) is 45.4 Å². The molecule has 2 heterocycles. The van der Waals surface area contributed by atoms with Crippen molar-refractivity contribution in [3.63, 3.8) is 0 Å². The van der Waals surface area contributed by atoms with Crippen molar-refractivity contribution in [1.29, 1.82) is 0 Å². The first kappa shape index (κ1) is 19.9. The van der Waals surface area contributed by atoms with Gasteiger partial charge in [0, 0.05) is 31.4 Å². The van der Waals surface area contributed by atoms with Crippen LogP contribution in [-0.4, -0.2) is 33.6 Å². The van der Waals surface area contributed by atoms with Crippen molar-refractivity contribution in [2.45, 2.75) is 52.0 Å². The fourth-order valence-corrected chi connectivity index (χ4v) is 4.99. The van der Waals surface area contributed by atoms with E-state index in [0.717, 1.165) is 59.7 Å². The molecule has 0 spiro atoms. The molecule has 1 saturated carbocycles. The summed E-state index contributed by atoms with van der Waals surface area (Å²) >= 11 is 1.58. The molecule has 3 aromatic rings. The summed E-state index contributed by atoms with van der Waals surface area (Å²) in [6.45, 7) is 4.13. The zero-order valence-electron chi connectivity index (χ0n) is 16.9. The van der Waals surface area contributed by atoms with Gasteiger partial charge in [0.05, 0.1) is 23.2 Å². The first-order valence-corrected chi connectivity index (χ1v) is 11.4. The van der Waals surface area contributed by atoms with Gasteiger partial charge in [-0.3, -0.25) is 9.69 Å². The van der Waals surface area contributed by atoms with Crippen molar-refractivity contribution in [2.75, 3.05) is 18.1 Å². The highest BCUT2D eigenvalue weighted by molar-refractivity contribution is 7.22. The second kappa shape index (κ2) is 9.39. The lowest BCUT2D eigenvalue weighted by molar-refractivity contribution is -0.123. The SMILES string of the molecule is CCOc1ccc2nc(N(CCCn3ccnc3)C(=O)C3CCCCC3)sc2c1. The van der Waals surface area contributed by atoms with Gasteiger partial charge < -0.3 is 9.30 Å². The molecule has 6 nitrogen and oxygen atoms in total. The van der Waals surface area contributed by atoms with Gasteiger partial charge in [0.15, 0.2) is 5.13 Å². The molecule has 7 heteroatoms. The molecule has 0 bridgehead atoms. The molecular formula is C22H28N4O2S. The lowest BCUT2D eigenvalue weighted by atomic mass is 9.88. The number of aromatic nitrogens is 3. The number of fused-ring (bicyclic) bond motifs is 1. The highest BCUT2D eigenvalue weighted by Gasteiger charge is 2.28. The van der Waals surface area contributed by atoms with E-state index in [1.54, 1.807) is 17.5 Å². The number of hydrogen-bond donors (Lipinski definition) is 0. The van der Waals surface area contributed by atoms with Crippen molar-refractivity contribution < 1.29 is 9.53 Å². The summed E-state index contributed by atoms with van der Waals surface area (Å²) in [5.74, 6) is 1.21. The minimum absolute atomic E-state index is 0.128. The first-order chi connectivity index (χ1) is 14.2. The monoisotopic (exact) mass is 412 g/mol. The van der Waals surface area contributed by atoms with E-state index in [9.17, 15) is 4.79 Å². The number of hydrogen-bond acceptors (Lipinski definition) is 5. The van der Waals surface area contributed by atoms with Crippen LogP contribution in [0, 0.1) is 5.92 Å². The van der Waals surface area contributed by atoms with Crippen LogP contribution in [0.3, 0.4) is 0 Å². The Balaban J connectivity index is 1.55. The van der Waals surface area contributed by atoms with E-state index in [0.29, 0.717) is 13.2 Å². The number of nitrogens with zero attached hydrogens (tertiary/aromatic N) is 4. The smallest absolute Gasteiger partial charge is 0.231 e. The van der Waals surface area contributed by atoms with Crippen molar-refractivity contribution in [3.8, 4) is 5.75 Å². The minimum Gasteiger partial charge on any atom is -0.494 e. The summed E-state index contributed by atoms with van der Waals surface area (Å²) in [5, 5.41) is 0.801. The maximum absolute atomic E-state index is 13.4. The van der Waals surface area contributed by atoms with Crippen LogP contribution in [0.15, 0.2) is 36.9 Å². The maximum Gasteiger partial charge on any atom is 0.231 e. The summed E-state index contributed by atoms with van der Waals surface area (Å²) in [7, 11) is 0. The van der Waals surface area contributed by atoms with Gasteiger partial charge in [-0.05, 0) is 44.4 Å². The molecule has 4 rings (SSSR count). The fourth-order valence-electron chi connectivity index (χ4n) is 3.97. The normalized spacial score (nSPS) is 14.9. The van der Waals surface area contributed by atoms with Crippen molar-refractivity contribution in [1.82, 2.24) is 14.5 Å². The zero-order valence-corrected chi connectivity index (χ0v) is 17.7. The number of carbonyl (C=O) groups excluding carboxylic acids is 1. The molecule has 2 aromatic heterocycles. The molecule has 29 heavy (non-hydrogen) atoms. The van der Waals surface area contributed by atoms with E-state index >= 15 is 0 Å². The predicted octanol–water partition coefficient (Wildman–Crippen LogP) is 4.90. The predicted molar refractivity (Wildman–Crippen MR) is 117 cm³/mol. The lowest BCUT2D eigenvalue weighted by Crippen LogP contribution is -2.38. The topological polar surface area (TPSA) is 60.2 Å². The van der Waals surface area contributed by atoms with Gasteiger partial charge in [0.25, 0.3) is 0 Å². The van der Waals surface area contributed by atoms with Crippen LogP contribution in [0.5, 0.6) is 5.75 Å². The average molecular weight is 413 g/mol. The van der Waals surface area contributed by atoms with Gasteiger partial charge in [0.2, 0.25) is 5.91 Å². The number of amides is 1. The van der Waals surface area contributed by atoms with Crippen LogP contribution in [0.4, 0.5) is 5.13 Å². The molecule has 0 unspecified atom stereocenters. The van der Waals surface area contributed by atoms with Crippen molar-refractivity contribution in [2.24, 2.45) is 5.92 Å². The molecule has 0 atom stereocenters. The highest BCUT2D eigenvalue weighted by atomic mass is 32.1. The largest absolute Gasteiger partial charge is 0.494 e. The Hall–Kier alpha value is -2.41. The van der Waals surface area contributed by atoms with Gasteiger partial charge in [-0.25, -0.2) is 9.97 Å². The van der Waals surface area contributed by atoms with E-state index in [-0.39, 0.29) is 11.8 Å². The summed E-state index contributed by atoms with van der Waals surface area (Å²) in [6, 6.07) is 5.95. The van der Waals surface area contributed by atoms with Crippen molar-refractivity contribution >= 4 is 32.6 Å². The van der Waals surface area contributed by atoms with E-state index in [4.69, 9.17) is 9.72 Å². The maximum atomic E-state index is 13.4. The number of ether oxygens (including phenoxy) is 1. The molecule has 154 valence electrons. The van der Waals surface area contributed by atoms with Crippen LogP contribution >= 0.6 is 11.3 Å². The number of aryl methyl sites for hydroxylation is 1. The third kappa shape index (κ3) is 4.78. The number of benzene rings is 1. The van der Waals surface area contributed by atoms with Gasteiger partial charge >= 0.3 is 0 Å². The zero-order chi connectivity index (χ0) is 20.1. The Morgan fingerprint density at radius 2 is 2.17 bits per heavy atom. The molecule has 0 saturated heterocycles. The van der Waals surface area contributed by atoms with Crippen LogP contribution in [-0.2, 0) is 11.3 Å². The van der Waals surface area contributed by atoms with E-state index in [1.807, 2.05) is 42.5 Å². The van der Waals surface area contributed by atoms with E-state index in [2.05, 4.69) is 9.55 Å². The summed E-state index contributed by atoms with van der Waals surface area (Å²) in [4.78, 5) is 24.2. The van der Waals surface area contributed by atoms with Gasteiger partial charge in [-0.15, -0.1) is 0 Å². The number of imidazole rings is 1. The number of thiazole rings is 1. The molecule has 0 aliphatic heterocycles. The molecule has 1 aliphatic carbocycles. The van der Waals surface area contributed by atoms with Crippen LogP contribution in [0.25, 0.3) is 10.2 Å². The highest BCUT2D eigenvalue weighted by Crippen LogP contribution is 2.34. The minimum atomic E-state index is 0.128. The third-order valence-electron chi connectivity index (χ3n) is 5.47. The van der Waals surface area contributed by atoms with E-state index in [1.165, 1.54) is 6.42 Å². The summed E-state index contributed by atoms with van der Waals surface area (Å²) in [5.41, 5.74) is 0.921. The van der Waals surface area contributed by atoms with Crippen LogP contribution < -0.4 is 9.64 Å². The molecule has 1 aromatic carbocycles. The van der Waals surface area contributed by atoms with Crippen LogP contribution in [0.2, 0.25) is 0 Å². The molecule has 1 aliphatic rings. The molecule has 1 fully saturated rings. The first-order valence-electron chi connectivity index (χ1n) is 10.5. The Labute approximate surface area is 175 Å². The molecule has 0 N–H and O–H groups in total. The Morgan fingerprint density at radius 3 is 2.93 bits per heavy atom. The molecule has 1 amide bonds. The lowest BCUT2D eigenvalue weighted by Gasteiger charge is -2.27. The second-order valence-corrected chi connectivity index (χ2v) is 8.55. The fraction of sp³-hybridized carbons (Fsp3) is 0.500. The Bertz CT molecular complexity index is 932. The number of rotatable bonds is 8. The Kier molecular flexibility index (Phi) is 6.44. The Morgan fingerprint density at radius 1 is 1.31 bits per heavy atom. The molecule has 0 radical (unpaired) electrons. The number of carbonyl (C=O) groups is 1. The number of anilines is 1. The van der Waals surface area contributed by atoms with Gasteiger partial charge in [-0.1, -0.05) is 30.6 Å². The van der Waals surface area contributed by atoms with Crippen molar-refractivity contribution in [3.05, 3.63) is 36.9 Å². The van der Waals surface area contributed by atoms with Gasteiger partial charge in [-0.2, -0.15) is 0 Å². The summed E-state index contributed by atoms with van der Waals surface area (Å²) < 4.78 is 8.73. The third-order valence-corrected chi connectivity index (χ3v) is 6.51. The quantitative estimate of drug-likeness (QED) is 0.528. The molecular weight excluding hydrogens is 384 g/mol. The second-order valence-electron chi connectivity index (χ2n) is 7.54. The van der Waals surface area contributed by atoms with Gasteiger partial charge in [0.1, 0.15) is 5.75 Å². The standard InChI is InChI=1S/C22H28N4O2S/c1-2-28-18-9-10-19-20(15-18)29-22(24-19)26(13-6-12-25-14-11-23-16-25)21(27)17-7-4-3-5-8-17/h9-11,14-17H,2-8,12-13H2,1H3.